The summed E-state index contributed by atoms with van der Waals surface area (Å²) in [4.78, 5) is 24.8. The highest BCUT2D eigenvalue weighted by molar-refractivity contribution is 9.10. The smallest absolute Gasteiger partial charge is 0.270 e. The summed E-state index contributed by atoms with van der Waals surface area (Å²) in [5, 5.41) is 14.2. The lowest BCUT2D eigenvalue weighted by Gasteiger charge is -2.39. The molecule has 126 valence electrons. The Morgan fingerprint density at radius 1 is 1.30 bits per heavy atom. The molecule has 1 N–H and O–H groups in total. The standard InChI is InChI=1S/C15H18BrN3O3.ClH/c16-13-9-11(19(21)22)1-2-12(13)14(20)18-7-4-15(5-8-18)3-6-17-10-15;/h1-2,9,17H,3-8,10H2;1H. The van der Waals surface area contributed by atoms with Crippen molar-refractivity contribution in [3.8, 4) is 0 Å². The first-order valence-electron chi connectivity index (χ1n) is 7.45. The molecule has 8 heteroatoms. The number of benzene rings is 1. The van der Waals surface area contributed by atoms with Gasteiger partial charge in [0.2, 0.25) is 0 Å². The highest BCUT2D eigenvalue weighted by Crippen LogP contribution is 2.37. The van der Waals surface area contributed by atoms with Crippen molar-refractivity contribution in [3.05, 3.63) is 38.3 Å². The fourth-order valence-electron chi connectivity index (χ4n) is 3.37. The number of hydrogen-bond acceptors (Lipinski definition) is 4. The van der Waals surface area contributed by atoms with Crippen LogP contribution in [0, 0.1) is 15.5 Å². The zero-order valence-electron chi connectivity index (χ0n) is 12.6. The fourth-order valence-corrected chi connectivity index (χ4v) is 3.90. The van der Waals surface area contributed by atoms with Gasteiger partial charge in [-0.15, -0.1) is 12.4 Å². The van der Waals surface area contributed by atoms with Crippen LogP contribution in [0.3, 0.4) is 0 Å². The molecule has 2 fully saturated rings. The minimum Gasteiger partial charge on any atom is -0.339 e. The van der Waals surface area contributed by atoms with Crippen LogP contribution in [0.25, 0.3) is 0 Å². The molecule has 0 aliphatic carbocycles. The largest absolute Gasteiger partial charge is 0.339 e. The molecule has 23 heavy (non-hydrogen) atoms. The van der Waals surface area contributed by atoms with Gasteiger partial charge in [-0.05, 0) is 53.2 Å². The minimum atomic E-state index is -0.462. The molecule has 0 unspecified atom stereocenters. The average molecular weight is 405 g/mol. The van der Waals surface area contributed by atoms with Crippen LogP contribution >= 0.6 is 28.3 Å². The van der Waals surface area contributed by atoms with E-state index in [1.54, 1.807) is 0 Å². The normalized spacial score (nSPS) is 19.4. The topological polar surface area (TPSA) is 75.5 Å². The molecule has 6 nitrogen and oxygen atoms in total. The molecule has 2 saturated heterocycles. The van der Waals surface area contributed by atoms with Crippen molar-refractivity contribution in [1.82, 2.24) is 10.2 Å². The van der Waals surface area contributed by atoms with Gasteiger partial charge < -0.3 is 10.2 Å². The van der Waals surface area contributed by atoms with Gasteiger partial charge in [0.05, 0.1) is 10.5 Å². The summed E-state index contributed by atoms with van der Waals surface area (Å²) in [6.45, 7) is 3.63. The summed E-state index contributed by atoms with van der Waals surface area (Å²) in [5.74, 6) is -0.0532. The SMILES string of the molecule is Cl.O=C(c1ccc([N+](=O)[O-])cc1Br)N1CCC2(CCNC2)CC1. The predicted octanol–water partition coefficient (Wildman–Crippen LogP) is 2.99. The number of amides is 1. The number of nitrogens with zero attached hydrogens (tertiary/aromatic N) is 2. The first kappa shape index (κ1) is 18.2. The van der Waals surface area contributed by atoms with Gasteiger partial charge in [-0.3, -0.25) is 14.9 Å². The Kier molecular flexibility index (Phi) is 5.65. The number of piperidine rings is 1. The highest BCUT2D eigenvalue weighted by Gasteiger charge is 2.38. The maximum atomic E-state index is 12.6. The number of nitro groups is 1. The number of nitro benzene ring substituents is 1. The minimum absolute atomic E-state index is 0. The lowest BCUT2D eigenvalue weighted by molar-refractivity contribution is -0.384. The Hall–Kier alpha value is -1.18. The molecule has 0 bridgehead atoms. The summed E-state index contributed by atoms with van der Waals surface area (Å²) in [6, 6.07) is 4.30. The molecule has 1 aromatic rings. The van der Waals surface area contributed by atoms with Crippen LogP contribution in [0.2, 0.25) is 0 Å². The van der Waals surface area contributed by atoms with E-state index >= 15 is 0 Å². The van der Waals surface area contributed by atoms with Gasteiger partial charge in [0.15, 0.2) is 0 Å². The van der Waals surface area contributed by atoms with Crippen LogP contribution < -0.4 is 5.32 Å². The van der Waals surface area contributed by atoms with Gasteiger partial charge >= 0.3 is 0 Å². The third-order valence-corrected chi connectivity index (χ3v) is 5.49. The van der Waals surface area contributed by atoms with E-state index in [0.29, 0.717) is 15.5 Å². The lowest BCUT2D eigenvalue weighted by Crippen LogP contribution is -2.44. The van der Waals surface area contributed by atoms with Gasteiger partial charge in [0.1, 0.15) is 0 Å². The first-order chi connectivity index (χ1) is 10.5. The molecular formula is C15H19BrClN3O3. The van der Waals surface area contributed by atoms with Gasteiger partial charge in [0, 0.05) is 36.2 Å². The van der Waals surface area contributed by atoms with E-state index in [0.717, 1.165) is 39.0 Å². The summed E-state index contributed by atoms with van der Waals surface area (Å²) >= 11 is 3.28. The number of carbonyl (C=O) groups excluding carboxylic acids is 1. The van der Waals surface area contributed by atoms with E-state index in [-0.39, 0.29) is 24.0 Å². The third-order valence-electron chi connectivity index (χ3n) is 4.84. The molecule has 0 radical (unpaired) electrons. The highest BCUT2D eigenvalue weighted by atomic mass is 79.9. The second kappa shape index (κ2) is 7.15. The monoisotopic (exact) mass is 403 g/mol. The second-order valence-corrected chi connectivity index (χ2v) is 6.99. The van der Waals surface area contributed by atoms with Crippen LogP contribution in [0.4, 0.5) is 5.69 Å². The van der Waals surface area contributed by atoms with Crippen molar-refractivity contribution in [2.75, 3.05) is 26.2 Å². The van der Waals surface area contributed by atoms with Crippen molar-refractivity contribution in [2.24, 2.45) is 5.41 Å². The van der Waals surface area contributed by atoms with Gasteiger partial charge in [-0.1, -0.05) is 0 Å². The van der Waals surface area contributed by atoms with Crippen molar-refractivity contribution < 1.29 is 9.72 Å². The van der Waals surface area contributed by atoms with E-state index in [4.69, 9.17) is 0 Å². The number of non-ortho nitro benzene ring substituents is 1. The number of nitrogens with one attached hydrogen (secondary N) is 1. The van der Waals surface area contributed by atoms with Crippen LogP contribution in [-0.2, 0) is 0 Å². The van der Waals surface area contributed by atoms with E-state index < -0.39 is 4.92 Å². The first-order valence-corrected chi connectivity index (χ1v) is 8.24. The second-order valence-electron chi connectivity index (χ2n) is 6.14. The molecular weight excluding hydrogens is 386 g/mol. The van der Waals surface area contributed by atoms with Crippen molar-refractivity contribution in [3.63, 3.8) is 0 Å². The molecule has 2 heterocycles. The molecule has 1 spiro atoms. The van der Waals surface area contributed by atoms with Crippen LogP contribution in [0.5, 0.6) is 0 Å². The lowest BCUT2D eigenvalue weighted by atomic mass is 9.78. The molecule has 2 aliphatic heterocycles. The van der Waals surface area contributed by atoms with Gasteiger partial charge in [0.25, 0.3) is 11.6 Å². The average Bonchev–Trinajstić information content (AvgIpc) is 2.95. The number of carbonyl (C=O) groups is 1. The molecule has 1 amide bonds. The Bertz CT molecular complexity index is 610. The summed E-state index contributed by atoms with van der Waals surface area (Å²) in [5.41, 5.74) is 0.841. The Morgan fingerprint density at radius 2 is 2.00 bits per heavy atom. The van der Waals surface area contributed by atoms with Gasteiger partial charge in [-0.25, -0.2) is 0 Å². The van der Waals surface area contributed by atoms with Crippen LogP contribution in [-0.4, -0.2) is 41.9 Å². The van der Waals surface area contributed by atoms with E-state index in [1.165, 1.54) is 24.6 Å². The fraction of sp³-hybridized carbons (Fsp3) is 0.533. The third kappa shape index (κ3) is 3.67. The summed E-state index contributed by atoms with van der Waals surface area (Å²) in [6.07, 6.45) is 3.24. The van der Waals surface area contributed by atoms with Crippen molar-refractivity contribution in [1.29, 1.82) is 0 Å². The quantitative estimate of drug-likeness (QED) is 0.607. The number of likely N-dealkylation sites (tertiary alicyclic amines) is 1. The molecule has 0 saturated carbocycles. The van der Waals surface area contributed by atoms with E-state index in [9.17, 15) is 14.9 Å². The number of hydrogen-bond donors (Lipinski definition) is 1. The molecule has 1 aromatic carbocycles. The zero-order chi connectivity index (χ0) is 15.7. The van der Waals surface area contributed by atoms with Crippen molar-refractivity contribution in [2.45, 2.75) is 19.3 Å². The predicted molar refractivity (Wildman–Crippen MR) is 93.1 cm³/mol. The van der Waals surface area contributed by atoms with E-state index in [2.05, 4.69) is 21.2 Å². The zero-order valence-corrected chi connectivity index (χ0v) is 15.0. The summed E-state index contributed by atoms with van der Waals surface area (Å²) < 4.78 is 0.481. The maximum absolute atomic E-state index is 12.6. The number of halogens is 2. The maximum Gasteiger partial charge on any atom is 0.270 e. The van der Waals surface area contributed by atoms with E-state index in [1.807, 2.05) is 4.90 Å². The van der Waals surface area contributed by atoms with Crippen molar-refractivity contribution >= 4 is 39.9 Å². The molecule has 0 aromatic heterocycles. The Labute approximate surface area is 149 Å². The molecule has 2 aliphatic rings. The molecule has 0 atom stereocenters. The van der Waals surface area contributed by atoms with Gasteiger partial charge in [-0.2, -0.15) is 0 Å². The van der Waals surface area contributed by atoms with Crippen LogP contribution in [0.1, 0.15) is 29.6 Å². The summed E-state index contributed by atoms with van der Waals surface area (Å²) in [7, 11) is 0. The Morgan fingerprint density at radius 3 is 2.52 bits per heavy atom. The molecule has 3 rings (SSSR count). The number of rotatable bonds is 2. The van der Waals surface area contributed by atoms with Crippen LogP contribution in [0.15, 0.2) is 22.7 Å². The Balaban J connectivity index is 0.00000192.